The molecule has 11 nitrogen and oxygen atoms in total. The van der Waals surface area contributed by atoms with Gasteiger partial charge in [-0.2, -0.15) is 0 Å². The van der Waals surface area contributed by atoms with Gasteiger partial charge in [-0.1, -0.05) is 52.7 Å². The Morgan fingerprint density at radius 3 is 2.65 bits per heavy atom. The van der Waals surface area contributed by atoms with Crippen LogP contribution in [-0.2, 0) is 25.5 Å². The van der Waals surface area contributed by atoms with E-state index in [4.69, 9.17) is 9.47 Å². The summed E-state index contributed by atoms with van der Waals surface area (Å²) in [6, 6.07) is 2.68. The van der Waals surface area contributed by atoms with E-state index in [9.17, 15) is 23.6 Å². The first-order valence-corrected chi connectivity index (χ1v) is 19.3. The molecule has 13 heteroatoms. The van der Waals surface area contributed by atoms with Crippen LogP contribution in [0.1, 0.15) is 104 Å². The average Bonchev–Trinajstić information content (AvgIpc) is 3.72. The molecule has 4 amide bonds. The highest BCUT2D eigenvalue weighted by atomic mass is 32.2. The molecular weight excluding hydrogens is 686 g/mol. The van der Waals surface area contributed by atoms with Crippen molar-refractivity contribution < 1.29 is 33.0 Å². The summed E-state index contributed by atoms with van der Waals surface area (Å²) in [5, 5.41) is 6.29. The highest BCUT2D eigenvalue weighted by molar-refractivity contribution is 7.99. The van der Waals surface area contributed by atoms with Gasteiger partial charge in [-0.15, -0.1) is 0 Å². The number of benzene rings is 1. The van der Waals surface area contributed by atoms with E-state index in [1.165, 1.54) is 29.0 Å². The minimum atomic E-state index is -0.971. The van der Waals surface area contributed by atoms with Gasteiger partial charge < -0.3 is 25.0 Å². The summed E-state index contributed by atoms with van der Waals surface area (Å²) in [4.78, 5) is 60.1. The number of carbonyl (C=O) groups excluding carboxylic acids is 4. The minimum absolute atomic E-state index is 0.00336. The third kappa shape index (κ3) is 10.2. The van der Waals surface area contributed by atoms with Crippen molar-refractivity contribution in [2.75, 3.05) is 19.7 Å². The fourth-order valence-corrected chi connectivity index (χ4v) is 7.39. The van der Waals surface area contributed by atoms with Gasteiger partial charge >= 0.3 is 6.09 Å². The summed E-state index contributed by atoms with van der Waals surface area (Å²) in [7, 11) is 0. The topological polar surface area (TPSA) is 139 Å². The second-order valence-electron chi connectivity index (χ2n) is 16.0. The molecule has 3 atom stereocenters. The Kier molecular flexibility index (Phi) is 12.4. The Morgan fingerprint density at radius 1 is 1.17 bits per heavy atom. The first-order valence-electron chi connectivity index (χ1n) is 18.5. The predicted octanol–water partition coefficient (Wildman–Crippen LogP) is 6.45. The first kappa shape index (κ1) is 39.3. The highest BCUT2D eigenvalue weighted by Gasteiger charge is 2.52. The van der Waals surface area contributed by atoms with Gasteiger partial charge in [0.1, 0.15) is 35.8 Å². The Hall–Kier alpha value is -3.87. The molecular formula is C39H54FN5O6S. The van der Waals surface area contributed by atoms with E-state index in [0.717, 1.165) is 49.5 Å². The molecule has 2 aromatic rings. The summed E-state index contributed by atoms with van der Waals surface area (Å²) in [5.41, 5.74) is 0.857. The van der Waals surface area contributed by atoms with Gasteiger partial charge in [-0.25, -0.2) is 14.2 Å². The zero-order valence-corrected chi connectivity index (χ0v) is 32.2. The van der Waals surface area contributed by atoms with Crippen LogP contribution in [0.2, 0.25) is 0 Å². The lowest BCUT2D eigenvalue weighted by Crippen LogP contribution is -2.53. The standard InChI is InChI=1S/C39H54FN5O6S/c1-7-8-9-10-11-12-13-29(34(47)44-52-38(6)18-19-38)43-35(48)31-21-39(23-45(31)32(46)22-41-36(49)50-24-37(3,4)5)17-16-28-27-15-14-26(40)20-30(27)42-25(2)33(28)51-39/h11-12,14-15,20,29,31H,7-10,13,16-19,21-24H2,1-6H3,(H,41,49)(H,43,48)(H,44,47)/b12-11-. The normalized spacial score (nSPS) is 21.1. The van der Waals surface area contributed by atoms with Gasteiger partial charge in [0.25, 0.3) is 5.91 Å². The number of fused-ring (bicyclic) bond motifs is 3. The number of aromatic nitrogens is 1. The first-order chi connectivity index (χ1) is 24.6. The minimum Gasteiger partial charge on any atom is -0.483 e. The van der Waals surface area contributed by atoms with Crippen molar-refractivity contribution in [2.45, 2.75) is 128 Å². The second kappa shape index (κ2) is 16.4. The Balaban J connectivity index is 1.36. The van der Waals surface area contributed by atoms with Gasteiger partial charge in [0.2, 0.25) is 11.8 Å². The lowest BCUT2D eigenvalue weighted by Gasteiger charge is -2.36. The molecule has 5 rings (SSSR count). The molecule has 3 N–H and O–H groups in total. The summed E-state index contributed by atoms with van der Waals surface area (Å²) < 4.78 is 29.0. The van der Waals surface area contributed by atoms with E-state index in [0.29, 0.717) is 36.2 Å². The van der Waals surface area contributed by atoms with E-state index in [1.54, 1.807) is 13.0 Å². The number of amides is 4. The van der Waals surface area contributed by atoms with E-state index >= 15 is 0 Å². The molecule has 2 fully saturated rings. The maximum Gasteiger partial charge on any atom is 0.407 e. The van der Waals surface area contributed by atoms with Crippen molar-refractivity contribution in [3.05, 3.63) is 47.4 Å². The van der Waals surface area contributed by atoms with Crippen molar-refractivity contribution in [3.8, 4) is 5.75 Å². The van der Waals surface area contributed by atoms with Crippen LogP contribution < -0.4 is 20.1 Å². The van der Waals surface area contributed by atoms with E-state index in [-0.39, 0.29) is 48.0 Å². The van der Waals surface area contributed by atoms with Crippen molar-refractivity contribution >= 4 is 46.7 Å². The maximum atomic E-state index is 14.2. The molecule has 1 aromatic heterocycles. The smallest absolute Gasteiger partial charge is 0.407 e. The number of nitrogens with zero attached hydrogens (tertiary/aromatic N) is 2. The Morgan fingerprint density at radius 2 is 1.94 bits per heavy atom. The van der Waals surface area contributed by atoms with Gasteiger partial charge in [-0.05, 0) is 88.3 Å². The van der Waals surface area contributed by atoms with E-state index in [2.05, 4.69) is 34.2 Å². The van der Waals surface area contributed by atoms with E-state index < -0.39 is 35.6 Å². The molecule has 3 unspecified atom stereocenters. The average molecular weight is 740 g/mol. The molecule has 1 saturated heterocycles. The van der Waals surface area contributed by atoms with E-state index in [1.807, 2.05) is 32.9 Å². The van der Waals surface area contributed by atoms with Gasteiger partial charge in [-0.3, -0.25) is 19.1 Å². The Labute approximate surface area is 310 Å². The second-order valence-corrected chi connectivity index (χ2v) is 17.4. The lowest BCUT2D eigenvalue weighted by atomic mass is 9.87. The third-order valence-corrected chi connectivity index (χ3v) is 11.1. The lowest BCUT2D eigenvalue weighted by molar-refractivity contribution is -0.138. The monoisotopic (exact) mass is 739 g/mol. The summed E-state index contributed by atoms with van der Waals surface area (Å²) in [6.07, 6.45) is 11.0. The van der Waals surface area contributed by atoms with Crippen molar-refractivity contribution in [1.82, 2.24) is 25.2 Å². The third-order valence-electron chi connectivity index (χ3n) is 9.87. The van der Waals surface area contributed by atoms with Crippen LogP contribution in [0.25, 0.3) is 10.9 Å². The number of allylic oxidation sites excluding steroid dienone is 1. The number of likely N-dealkylation sites (tertiary alicyclic amines) is 1. The number of nitrogens with one attached hydrogen (secondary N) is 3. The van der Waals surface area contributed by atoms with Crippen LogP contribution in [0.15, 0.2) is 30.4 Å². The Bertz CT molecular complexity index is 1690. The summed E-state index contributed by atoms with van der Waals surface area (Å²) >= 11 is 1.39. The number of hydrogen-bond acceptors (Lipinski definition) is 8. The number of alkyl carbamates (subject to hydrolysis) is 1. The van der Waals surface area contributed by atoms with Crippen LogP contribution >= 0.6 is 11.9 Å². The number of aryl methyl sites for hydroxylation is 2. The number of pyridine rings is 1. The zero-order valence-electron chi connectivity index (χ0n) is 31.4. The zero-order chi connectivity index (χ0) is 37.7. The molecule has 284 valence electrons. The number of rotatable bonds is 14. The van der Waals surface area contributed by atoms with Gasteiger partial charge in [0.05, 0.1) is 24.4 Å². The molecule has 2 aliphatic heterocycles. The fourth-order valence-electron chi connectivity index (χ4n) is 6.59. The van der Waals surface area contributed by atoms with Crippen molar-refractivity contribution in [1.29, 1.82) is 0 Å². The number of carbonyl (C=O) groups is 4. The highest BCUT2D eigenvalue weighted by Crippen LogP contribution is 2.46. The molecule has 3 heterocycles. The predicted molar refractivity (Wildman–Crippen MR) is 200 cm³/mol. The molecule has 1 saturated carbocycles. The molecule has 52 heavy (non-hydrogen) atoms. The molecule has 0 radical (unpaired) electrons. The number of ether oxygens (including phenoxy) is 2. The maximum absolute atomic E-state index is 14.2. The number of unbranched alkanes of at least 4 members (excludes halogenated alkanes) is 3. The van der Waals surface area contributed by atoms with Gasteiger partial charge in [0, 0.05) is 28.2 Å². The summed E-state index contributed by atoms with van der Waals surface area (Å²) in [5.74, 6) is -1.05. The fraction of sp³-hybridized carbons (Fsp3) is 0.615. The molecule has 1 aliphatic carbocycles. The van der Waals surface area contributed by atoms with Crippen LogP contribution in [0.3, 0.4) is 0 Å². The number of halogens is 1. The summed E-state index contributed by atoms with van der Waals surface area (Å²) in [6.45, 7) is 11.7. The van der Waals surface area contributed by atoms with Crippen LogP contribution in [-0.4, -0.2) is 75.8 Å². The van der Waals surface area contributed by atoms with Crippen molar-refractivity contribution in [3.63, 3.8) is 0 Å². The molecule has 1 spiro atoms. The van der Waals surface area contributed by atoms with Crippen LogP contribution in [0, 0.1) is 18.2 Å². The number of hydrogen-bond donors (Lipinski definition) is 3. The quantitative estimate of drug-likeness (QED) is 0.114. The van der Waals surface area contributed by atoms with Gasteiger partial charge in [0.15, 0.2) is 0 Å². The van der Waals surface area contributed by atoms with Crippen molar-refractivity contribution in [2.24, 2.45) is 5.41 Å². The van der Waals surface area contributed by atoms with Crippen LogP contribution in [0.4, 0.5) is 9.18 Å². The molecule has 0 bridgehead atoms. The molecule has 1 aromatic carbocycles. The largest absolute Gasteiger partial charge is 0.483 e. The SMILES string of the molecule is CCCCC/C=C\CC(NC(=O)C1CC2(CCc3c(c(C)nc4cc(F)ccc34)O2)CN1C(=O)CNC(=O)OCC(C)(C)C)C(=O)NSC1(C)CC1. The van der Waals surface area contributed by atoms with Crippen LogP contribution in [0.5, 0.6) is 5.75 Å². The molecule has 3 aliphatic rings.